The number of H-pyrrole nitrogens is 1. The van der Waals surface area contributed by atoms with E-state index < -0.39 is 21.3 Å². The first kappa shape index (κ1) is 22.5. The topological polar surface area (TPSA) is 118 Å². The lowest BCUT2D eigenvalue weighted by Crippen LogP contribution is -2.41. The van der Waals surface area contributed by atoms with Gasteiger partial charge < -0.3 is 15.0 Å². The number of para-hydroxylation sites is 1. The molecule has 0 saturated carbocycles. The summed E-state index contributed by atoms with van der Waals surface area (Å²) in [5, 5.41) is 3.52. The van der Waals surface area contributed by atoms with Crippen LogP contribution in [0.3, 0.4) is 0 Å². The number of methoxy groups -OCH3 is 1. The molecule has 2 N–H and O–H groups in total. The van der Waals surface area contributed by atoms with Crippen LogP contribution in [0.1, 0.15) is 29.8 Å². The molecule has 4 aromatic rings. The second-order valence-corrected chi connectivity index (χ2v) is 10.3. The predicted molar refractivity (Wildman–Crippen MR) is 126 cm³/mol. The van der Waals surface area contributed by atoms with E-state index in [-0.39, 0.29) is 21.3 Å². The molecular formula is C24H23N3O5S. The summed E-state index contributed by atoms with van der Waals surface area (Å²) in [7, 11) is -2.30. The van der Waals surface area contributed by atoms with E-state index in [9.17, 15) is 18.0 Å². The highest BCUT2D eigenvalue weighted by Crippen LogP contribution is 2.26. The number of aromatic nitrogens is 2. The standard InChI is InChI=1S/C24H23N3O5S/c1-24(2,14-9-10-21(32-3)25-13-14)27-23(29)17-11-19-16(12-20(17)33(4,30)31)22(28)15-7-5-6-8-18(15)26-19/h5-13H,1-4H3,(H,26,28)(H,27,29). The molecule has 2 heterocycles. The number of fused-ring (bicyclic) bond motifs is 2. The highest BCUT2D eigenvalue weighted by atomic mass is 32.2. The maximum atomic E-state index is 13.3. The summed E-state index contributed by atoms with van der Waals surface area (Å²) in [6, 6.07) is 13.1. The van der Waals surface area contributed by atoms with Crippen molar-refractivity contribution in [2.45, 2.75) is 24.3 Å². The van der Waals surface area contributed by atoms with E-state index in [0.29, 0.717) is 27.9 Å². The first-order valence-corrected chi connectivity index (χ1v) is 12.0. The van der Waals surface area contributed by atoms with Crippen molar-refractivity contribution in [2.75, 3.05) is 13.4 Å². The summed E-state index contributed by atoms with van der Waals surface area (Å²) in [6.07, 6.45) is 2.60. The molecular weight excluding hydrogens is 442 g/mol. The first-order valence-electron chi connectivity index (χ1n) is 10.1. The summed E-state index contributed by atoms with van der Waals surface area (Å²) in [5.41, 5.74) is 0.457. The fourth-order valence-corrected chi connectivity index (χ4v) is 4.61. The first-order chi connectivity index (χ1) is 15.5. The molecule has 0 unspecified atom stereocenters. The van der Waals surface area contributed by atoms with Crippen LogP contribution < -0.4 is 15.5 Å². The third-order valence-electron chi connectivity index (χ3n) is 5.54. The summed E-state index contributed by atoms with van der Waals surface area (Å²) in [6.45, 7) is 3.57. The highest BCUT2D eigenvalue weighted by molar-refractivity contribution is 7.90. The van der Waals surface area contributed by atoms with Gasteiger partial charge in [-0.05, 0) is 49.7 Å². The van der Waals surface area contributed by atoms with Gasteiger partial charge in [0, 0.05) is 34.8 Å². The van der Waals surface area contributed by atoms with Crippen molar-refractivity contribution in [3.05, 3.63) is 76.1 Å². The number of rotatable bonds is 5. The quantitative estimate of drug-likeness (QED) is 0.437. The number of hydrogen-bond donors (Lipinski definition) is 2. The third-order valence-corrected chi connectivity index (χ3v) is 6.68. The number of sulfone groups is 1. The van der Waals surface area contributed by atoms with Crippen LogP contribution in [0, 0.1) is 0 Å². The molecule has 4 rings (SSSR count). The van der Waals surface area contributed by atoms with Crippen LogP contribution in [0.2, 0.25) is 0 Å². The SMILES string of the molecule is COc1ccc(C(C)(C)NC(=O)c2cc3[nH]c4ccccc4c(=O)c3cc2S(C)(=O)=O)cn1. The molecule has 0 radical (unpaired) electrons. The Morgan fingerprint density at radius 3 is 2.42 bits per heavy atom. The van der Waals surface area contributed by atoms with Gasteiger partial charge in [-0.15, -0.1) is 0 Å². The zero-order valence-corrected chi connectivity index (χ0v) is 19.4. The van der Waals surface area contributed by atoms with E-state index in [1.807, 2.05) is 0 Å². The lowest BCUT2D eigenvalue weighted by molar-refractivity contribution is 0.0908. The van der Waals surface area contributed by atoms with Crippen LogP contribution in [0.15, 0.2) is 64.4 Å². The van der Waals surface area contributed by atoms with Gasteiger partial charge in [-0.25, -0.2) is 13.4 Å². The van der Waals surface area contributed by atoms with E-state index in [0.717, 1.165) is 6.26 Å². The third kappa shape index (κ3) is 4.19. The van der Waals surface area contributed by atoms with Crippen LogP contribution in [0.5, 0.6) is 5.88 Å². The van der Waals surface area contributed by atoms with Crippen LogP contribution in [0.25, 0.3) is 21.8 Å². The lowest BCUT2D eigenvalue weighted by atomic mass is 9.95. The Balaban J connectivity index is 1.85. The molecule has 8 nitrogen and oxygen atoms in total. The number of ether oxygens (including phenoxy) is 1. The van der Waals surface area contributed by atoms with Gasteiger partial charge in [-0.3, -0.25) is 9.59 Å². The molecule has 0 saturated heterocycles. The fraction of sp³-hybridized carbons (Fsp3) is 0.208. The zero-order valence-electron chi connectivity index (χ0n) is 18.6. The number of pyridine rings is 2. The molecule has 0 fully saturated rings. The van der Waals surface area contributed by atoms with Crippen molar-refractivity contribution < 1.29 is 17.9 Å². The number of carbonyl (C=O) groups is 1. The normalized spacial score (nSPS) is 12.1. The van der Waals surface area contributed by atoms with Crippen molar-refractivity contribution in [1.29, 1.82) is 0 Å². The Morgan fingerprint density at radius 2 is 1.79 bits per heavy atom. The molecule has 170 valence electrons. The summed E-state index contributed by atoms with van der Waals surface area (Å²) >= 11 is 0. The van der Waals surface area contributed by atoms with Gasteiger partial charge in [-0.2, -0.15) is 0 Å². The molecule has 1 amide bonds. The molecule has 0 aliphatic rings. The van der Waals surface area contributed by atoms with E-state index in [4.69, 9.17) is 4.74 Å². The molecule has 2 aromatic heterocycles. The van der Waals surface area contributed by atoms with Crippen molar-refractivity contribution >= 4 is 37.6 Å². The van der Waals surface area contributed by atoms with Gasteiger partial charge in [0.2, 0.25) is 5.88 Å². The van der Waals surface area contributed by atoms with Crippen molar-refractivity contribution in [3.8, 4) is 5.88 Å². The maximum Gasteiger partial charge on any atom is 0.253 e. The minimum absolute atomic E-state index is 0.0505. The van der Waals surface area contributed by atoms with Gasteiger partial charge in [0.05, 0.1) is 28.6 Å². The summed E-state index contributed by atoms with van der Waals surface area (Å²) in [4.78, 5) is 33.4. The van der Waals surface area contributed by atoms with E-state index in [1.165, 1.54) is 19.2 Å². The minimum atomic E-state index is -3.81. The lowest BCUT2D eigenvalue weighted by Gasteiger charge is -2.27. The Hall–Kier alpha value is -3.72. The number of amides is 1. The van der Waals surface area contributed by atoms with Gasteiger partial charge >= 0.3 is 0 Å². The van der Waals surface area contributed by atoms with Crippen molar-refractivity contribution in [1.82, 2.24) is 15.3 Å². The molecule has 0 bridgehead atoms. The largest absolute Gasteiger partial charge is 0.481 e. The second-order valence-electron chi connectivity index (χ2n) is 8.33. The fourth-order valence-electron chi connectivity index (χ4n) is 3.73. The summed E-state index contributed by atoms with van der Waals surface area (Å²) in [5.74, 6) is -0.155. The number of nitrogens with one attached hydrogen (secondary N) is 2. The van der Waals surface area contributed by atoms with Crippen LogP contribution in [-0.4, -0.2) is 37.7 Å². The van der Waals surface area contributed by atoms with Gasteiger partial charge in [0.1, 0.15) is 0 Å². The Kier molecular flexibility index (Phi) is 5.45. The minimum Gasteiger partial charge on any atom is -0.481 e. The Labute approximate surface area is 190 Å². The van der Waals surface area contributed by atoms with Crippen molar-refractivity contribution in [3.63, 3.8) is 0 Å². The number of nitrogens with zero attached hydrogens (tertiary/aromatic N) is 1. The van der Waals surface area contributed by atoms with Crippen LogP contribution >= 0.6 is 0 Å². The molecule has 0 aliphatic carbocycles. The average Bonchev–Trinajstić information content (AvgIpc) is 2.77. The Morgan fingerprint density at radius 1 is 1.06 bits per heavy atom. The molecule has 33 heavy (non-hydrogen) atoms. The van der Waals surface area contributed by atoms with E-state index in [2.05, 4.69) is 15.3 Å². The van der Waals surface area contributed by atoms with Gasteiger partial charge in [0.15, 0.2) is 15.3 Å². The number of aromatic amines is 1. The number of hydrogen-bond acceptors (Lipinski definition) is 6. The van der Waals surface area contributed by atoms with Crippen LogP contribution in [0.4, 0.5) is 0 Å². The van der Waals surface area contributed by atoms with E-state index in [1.54, 1.807) is 56.4 Å². The number of benzene rings is 2. The van der Waals surface area contributed by atoms with E-state index >= 15 is 0 Å². The molecule has 9 heteroatoms. The van der Waals surface area contributed by atoms with Gasteiger partial charge in [0.25, 0.3) is 5.91 Å². The second kappa shape index (κ2) is 8.00. The zero-order chi connectivity index (χ0) is 24.0. The van der Waals surface area contributed by atoms with Crippen molar-refractivity contribution in [2.24, 2.45) is 0 Å². The maximum absolute atomic E-state index is 13.3. The predicted octanol–water partition coefficient (Wildman–Crippen LogP) is 3.15. The molecule has 0 spiro atoms. The average molecular weight is 466 g/mol. The smallest absolute Gasteiger partial charge is 0.253 e. The van der Waals surface area contributed by atoms with Crippen LogP contribution in [-0.2, 0) is 15.4 Å². The Bertz CT molecular complexity index is 1560. The monoisotopic (exact) mass is 465 g/mol. The highest BCUT2D eigenvalue weighted by Gasteiger charge is 2.28. The molecule has 0 aliphatic heterocycles. The molecule has 0 atom stereocenters. The summed E-state index contributed by atoms with van der Waals surface area (Å²) < 4.78 is 30.2. The molecule has 2 aromatic carbocycles. The van der Waals surface area contributed by atoms with Gasteiger partial charge in [-0.1, -0.05) is 12.1 Å². The number of carbonyl (C=O) groups excluding carboxylic acids is 1.